The second-order valence-corrected chi connectivity index (χ2v) is 5.61. The summed E-state index contributed by atoms with van der Waals surface area (Å²) in [5.41, 5.74) is 7.17. The Kier molecular flexibility index (Phi) is 5.88. The molecule has 1 aromatic heterocycles. The lowest BCUT2D eigenvalue weighted by atomic mass is 10.1. The van der Waals surface area contributed by atoms with E-state index in [4.69, 9.17) is 10.5 Å². The number of aromatic nitrogens is 1. The van der Waals surface area contributed by atoms with Gasteiger partial charge in [0.2, 0.25) is 0 Å². The highest BCUT2D eigenvalue weighted by Gasteiger charge is 2.07. The van der Waals surface area contributed by atoms with Crippen LogP contribution in [0.1, 0.15) is 25.8 Å². The predicted molar refractivity (Wildman–Crippen MR) is 77.8 cm³/mol. The minimum Gasteiger partial charge on any atom is -0.397 e. The van der Waals surface area contributed by atoms with E-state index in [1.165, 1.54) is 0 Å². The first-order valence-corrected chi connectivity index (χ1v) is 6.95. The van der Waals surface area contributed by atoms with Crippen LogP contribution in [-0.2, 0) is 11.3 Å². The number of nitrogen functional groups attached to an aromatic ring is 1. The van der Waals surface area contributed by atoms with Crippen LogP contribution in [0.5, 0.6) is 0 Å². The van der Waals surface area contributed by atoms with Crippen LogP contribution in [0, 0.1) is 12.8 Å². The zero-order valence-corrected chi connectivity index (χ0v) is 12.8. The van der Waals surface area contributed by atoms with Gasteiger partial charge in [-0.05, 0) is 40.8 Å². The van der Waals surface area contributed by atoms with Crippen molar-refractivity contribution in [2.45, 2.75) is 33.7 Å². The Hall–Kier alpha value is -0.810. The second kappa shape index (κ2) is 6.95. The van der Waals surface area contributed by atoms with Crippen LogP contribution in [0.4, 0.5) is 5.69 Å². The molecule has 0 atom stereocenters. The van der Waals surface area contributed by atoms with Crippen molar-refractivity contribution in [3.63, 3.8) is 0 Å². The first kappa shape index (κ1) is 15.2. The summed E-state index contributed by atoms with van der Waals surface area (Å²) >= 11 is 3.27. The van der Waals surface area contributed by atoms with Gasteiger partial charge in [-0.3, -0.25) is 4.79 Å². The normalized spacial score (nSPS) is 11.2. The fraction of sp³-hybridized carbons (Fsp3) is 0.615. The maximum Gasteiger partial charge on any atom is 0.265 e. The molecule has 0 unspecified atom stereocenters. The van der Waals surface area contributed by atoms with E-state index in [0.717, 1.165) is 18.6 Å². The molecular formula is C13H21BrN2O2. The summed E-state index contributed by atoms with van der Waals surface area (Å²) in [7, 11) is 0. The molecule has 5 heteroatoms. The molecule has 0 aliphatic rings. The second-order valence-electron chi connectivity index (χ2n) is 4.82. The largest absolute Gasteiger partial charge is 0.397 e. The van der Waals surface area contributed by atoms with Gasteiger partial charge in [-0.2, -0.15) is 0 Å². The monoisotopic (exact) mass is 316 g/mol. The Labute approximate surface area is 116 Å². The van der Waals surface area contributed by atoms with E-state index >= 15 is 0 Å². The van der Waals surface area contributed by atoms with Crippen molar-refractivity contribution < 1.29 is 4.74 Å². The van der Waals surface area contributed by atoms with Gasteiger partial charge in [0.05, 0.1) is 16.8 Å². The van der Waals surface area contributed by atoms with Crippen LogP contribution in [0.3, 0.4) is 0 Å². The van der Waals surface area contributed by atoms with Crippen LogP contribution in [0.2, 0.25) is 0 Å². The van der Waals surface area contributed by atoms with E-state index in [-0.39, 0.29) is 5.56 Å². The van der Waals surface area contributed by atoms with E-state index < -0.39 is 0 Å². The van der Waals surface area contributed by atoms with Crippen molar-refractivity contribution in [1.29, 1.82) is 0 Å². The summed E-state index contributed by atoms with van der Waals surface area (Å²) in [5, 5.41) is 0. The van der Waals surface area contributed by atoms with Crippen molar-refractivity contribution in [1.82, 2.24) is 4.57 Å². The molecule has 1 rings (SSSR count). The van der Waals surface area contributed by atoms with E-state index in [9.17, 15) is 4.79 Å². The number of halogens is 1. The third-order valence-electron chi connectivity index (χ3n) is 2.82. The highest BCUT2D eigenvalue weighted by molar-refractivity contribution is 9.10. The zero-order chi connectivity index (χ0) is 13.7. The molecule has 0 saturated carbocycles. The Balaban J connectivity index is 2.56. The van der Waals surface area contributed by atoms with Crippen LogP contribution < -0.4 is 11.3 Å². The number of nitrogens with two attached hydrogens (primary N) is 1. The molecule has 0 radical (unpaired) electrons. The predicted octanol–water partition coefficient (Wildman–Crippen LogP) is 2.56. The number of ether oxygens (including phenoxy) is 1. The topological polar surface area (TPSA) is 57.2 Å². The quantitative estimate of drug-likeness (QED) is 0.821. The van der Waals surface area contributed by atoms with Crippen molar-refractivity contribution in [3.05, 3.63) is 26.6 Å². The molecular weight excluding hydrogens is 296 g/mol. The Morgan fingerprint density at radius 3 is 2.72 bits per heavy atom. The summed E-state index contributed by atoms with van der Waals surface area (Å²) in [6, 6.07) is 0. The van der Waals surface area contributed by atoms with Crippen LogP contribution in [-0.4, -0.2) is 17.8 Å². The lowest BCUT2D eigenvalue weighted by molar-refractivity contribution is 0.115. The average Bonchev–Trinajstić information content (AvgIpc) is 2.32. The van der Waals surface area contributed by atoms with Crippen molar-refractivity contribution in [2.24, 2.45) is 5.92 Å². The average molecular weight is 317 g/mol. The van der Waals surface area contributed by atoms with Gasteiger partial charge < -0.3 is 15.0 Å². The molecule has 18 heavy (non-hydrogen) atoms. The number of hydrogen-bond acceptors (Lipinski definition) is 3. The van der Waals surface area contributed by atoms with Crippen molar-refractivity contribution in [3.8, 4) is 0 Å². The Bertz CT molecular complexity index is 455. The molecule has 0 amide bonds. The number of rotatable bonds is 6. The van der Waals surface area contributed by atoms with Gasteiger partial charge in [0, 0.05) is 19.3 Å². The zero-order valence-electron chi connectivity index (χ0n) is 11.2. The molecule has 0 aromatic carbocycles. The third-order valence-corrected chi connectivity index (χ3v) is 3.76. The molecule has 0 aliphatic carbocycles. The number of nitrogens with zero attached hydrogens (tertiary/aromatic N) is 1. The van der Waals surface area contributed by atoms with Crippen molar-refractivity contribution in [2.75, 3.05) is 18.9 Å². The molecule has 1 heterocycles. The Morgan fingerprint density at radius 2 is 2.11 bits per heavy atom. The first-order chi connectivity index (χ1) is 8.43. The number of anilines is 1. The molecule has 1 aromatic rings. The van der Waals surface area contributed by atoms with Crippen LogP contribution in [0.15, 0.2) is 15.5 Å². The summed E-state index contributed by atoms with van der Waals surface area (Å²) in [5.74, 6) is 0.636. The summed E-state index contributed by atoms with van der Waals surface area (Å²) in [6.45, 7) is 7.93. The van der Waals surface area contributed by atoms with E-state index in [2.05, 4.69) is 29.8 Å². The van der Waals surface area contributed by atoms with E-state index in [0.29, 0.717) is 29.2 Å². The molecule has 0 aliphatic heterocycles. The first-order valence-electron chi connectivity index (χ1n) is 6.16. The maximum absolute atomic E-state index is 11.9. The van der Waals surface area contributed by atoms with Crippen LogP contribution >= 0.6 is 15.9 Å². The summed E-state index contributed by atoms with van der Waals surface area (Å²) in [4.78, 5) is 11.9. The van der Waals surface area contributed by atoms with E-state index in [1.807, 2.05) is 6.92 Å². The Morgan fingerprint density at radius 1 is 1.44 bits per heavy atom. The molecule has 2 N–H and O–H groups in total. The molecule has 4 nitrogen and oxygen atoms in total. The minimum atomic E-state index is -0.0610. The molecule has 0 bridgehead atoms. The summed E-state index contributed by atoms with van der Waals surface area (Å²) < 4.78 is 7.61. The van der Waals surface area contributed by atoms with Gasteiger partial charge in [0.15, 0.2) is 0 Å². The smallest absolute Gasteiger partial charge is 0.265 e. The highest BCUT2D eigenvalue weighted by Crippen LogP contribution is 2.16. The van der Waals surface area contributed by atoms with Crippen molar-refractivity contribution >= 4 is 21.6 Å². The van der Waals surface area contributed by atoms with Gasteiger partial charge in [-0.15, -0.1) is 0 Å². The lowest BCUT2D eigenvalue weighted by Gasteiger charge is -2.11. The van der Waals surface area contributed by atoms with Gasteiger partial charge in [0.1, 0.15) is 0 Å². The standard InChI is InChI=1S/C13H21BrN2O2/c1-9(2)4-6-18-7-5-16-8-11(15)10(3)12(14)13(16)17/h8-9H,4-7,15H2,1-3H3. The number of pyridine rings is 1. The fourth-order valence-electron chi connectivity index (χ4n) is 1.49. The van der Waals surface area contributed by atoms with Gasteiger partial charge in [-0.25, -0.2) is 0 Å². The summed E-state index contributed by atoms with van der Waals surface area (Å²) in [6.07, 6.45) is 2.71. The third kappa shape index (κ3) is 4.14. The molecule has 0 fully saturated rings. The lowest BCUT2D eigenvalue weighted by Crippen LogP contribution is -2.24. The number of hydrogen-bond donors (Lipinski definition) is 1. The molecule has 0 saturated heterocycles. The minimum absolute atomic E-state index is 0.0610. The fourth-order valence-corrected chi connectivity index (χ4v) is 1.94. The molecule has 0 spiro atoms. The maximum atomic E-state index is 11.9. The van der Waals surface area contributed by atoms with E-state index in [1.54, 1.807) is 10.8 Å². The van der Waals surface area contributed by atoms with Gasteiger partial charge in [-0.1, -0.05) is 13.8 Å². The van der Waals surface area contributed by atoms with Gasteiger partial charge in [0.25, 0.3) is 5.56 Å². The highest BCUT2D eigenvalue weighted by atomic mass is 79.9. The molecule has 102 valence electrons. The SMILES string of the molecule is Cc1c(N)cn(CCOCCC(C)C)c(=O)c1Br. The van der Waals surface area contributed by atoms with Gasteiger partial charge >= 0.3 is 0 Å². The van der Waals surface area contributed by atoms with Crippen LogP contribution in [0.25, 0.3) is 0 Å².